The summed E-state index contributed by atoms with van der Waals surface area (Å²) in [5.74, 6) is 1.42. The number of Topliss-reactive ketones (excluding diaryl/α,β-unsaturated/α-hetero) is 1. The van der Waals surface area contributed by atoms with E-state index in [2.05, 4.69) is 19.2 Å². The largest absolute Gasteiger partial charge is 0.497 e. The first kappa shape index (κ1) is 25.0. The number of anilines is 1. The predicted octanol–water partition coefficient (Wildman–Crippen LogP) is 5.36. The van der Waals surface area contributed by atoms with Gasteiger partial charge < -0.3 is 19.5 Å². The number of carbonyl (C=O) groups is 2. The molecule has 36 heavy (non-hydrogen) atoms. The maximum absolute atomic E-state index is 13.1. The molecule has 3 aromatic carbocycles. The highest BCUT2D eigenvalue weighted by atomic mass is 16.5. The molecule has 0 bridgehead atoms. The average molecular weight is 487 g/mol. The second-order valence-electron chi connectivity index (χ2n) is 9.27. The van der Waals surface area contributed by atoms with Crippen molar-refractivity contribution in [2.24, 2.45) is 4.99 Å². The standard InChI is InChI=1S/C29H30N2O5/c1-29(2)17-20-8-12-22(34-3)15-23(20)24(31-29)16-25(32)18-6-10-21(11-7-18)30-28(33)19-9-13-26(35-4)27(14-19)36-5/h6-15H,16-17H2,1-5H3,(H,30,33). The van der Waals surface area contributed by atoms with Gasteiger partial charge in [-0.1, -0.05) is 6.07 Å². The van der Waals surface area contributed by atoms with Crippen LogP contribution in [-0.4, -0.2) is 44.3 Å². The van der Waals surface area contributed by atoms with Crippen LogP contribution in [0.25, 0.3) is 0 Å². The highest BCUT2D eigenvalue weighted by Crippen LogP contribution is 2.31. The van der Waals surface area contributed by atoms with Gasteiger partial charge in [-0.15, -0.1) is 0 Å². The third-order valence-corrected chi connectivity index (χ3v) is 6.13. The number of nitrogens with zero attached hydrogens (tertiary/aromatic N) is 1. The zero-order chi connectivity index (χ0) is 25.9. The molecule has 0 aliphatic carbocycles. The quantitative estimate of drug-likeness (QED) is 0.433. The summed E-state index contributed by atoms with van der Waals surface area (Å²) < 4.78 is 15.9. The summed E-state index contributed by atoms with van der Waals surface area (Å²) in [6.07, 6.45) is 0.986. The van der Waals surface area contributed by atoms with Crippen molar-refractivity contribution < 1.29 is 23.8 Å². The molecular formula is C29H30N2O5. The van der Waals surface area contributed by atoms with Crippen LogP contribution in [0.15, 0.2) is 65.7 Å². The third kappa shape index (κ3) is 5.40. The lowest BCUT2D eigenvalue weighted by molar-refractivity contribution is 0.0998. The molecular weight excluding hydrogens is 456 g/mol. The van der Waals surface area contributed by atoms with Crippen LogP contribution in [0.4, 0.5) is 5.69 Å². The van der Waals surface area contributed by atoms with Crippen molar-refractivity contribution in [3.63, 3.8) is 0 Å². The molecule has 1 amide bonds. The zero-order valence-electron chi connectivity index (χ0n) is 21.2. The van der Waals surface area contributed by atoms with E-state index in [0.29, 0.717) is 28.3 Å². The molecule has 0 aromatic heterocycles. The summed E-state index contributed by atoms with van der Waals surface area (Å²) in [4.78, 5) is 30.7. The van der Waals surface area contributed by atoms with Crippen molar-refractivity contribution in [2.45, 2.75) is 32.2 Å². The molecule has 4 rings (SSSR count). The van der Waals surface area contributed by atoms with Crippen LogP contribution >= 0.6 is 0 Å². The van der Waals surface area contributed by atoms with E-state index in [1.54, 1.807) is 49.6 Å². The number of methoxy groups -OCH3 is 3. The van der Waals surface area contributed by atoms with Crippen molar-refractivity contribution in [2.75, 3.05) is 26.6 Å². The molecule has 1 aliphatic heterocycles. The second kappa shape index (κ2) is 10.2. The fourth-order valence-electron chi connectivity index (χ4n) is 4.35. The van der Waals surface area contributed by atoms with Gasteiger partial charge in [0.2, 0.25) is 0 Å². The number of hydrogen-bond acceptors (Lipinski definition) is 6. The van der Waals surface area contributed by atoms with Crippen LogP contribution in [0.2, 0.25) is 0 Å². The molecule has 1 aliphatic rings. The van der Waals surface area contributed by atoms with Crippen molar-refractivity contribution in [3.8, 4) is 17.2 Å². The fraction of sp³-hybridized carbons (Fsp3) is 0.276. The second-order valence-corrected chi connectivity index (χ2v) is 9.27. The third-order valence-electron chi connectivity index (χ3n) is 6.13. The van der Waals surface area contributed by atoms with Crippen molar-refractivity contribution in [1.29, 1.82) is 0 Å². The van der Waals surface area contributed by atoms with Crippen molar-refractivity contribution >= 4 is 23.1 Å². The lowest BCUT2D eigenvalue weighted by Crippen LogP contribution is -2.30. The van der Waals surface area contributed by atoms with E-state index in [4.69, 9.17) is 19.2 Å². The predicted molar refractivity (Wildman–Crippen MR) is 140 cm³/mol. The van der Waals surface area contributed by atoms with Gasteiger partial charge in [0.15, 0.2) is 17.3 Å². The summed E-state index contributed by atoms with van der Waals surface area (Å²) >= 11 is 0. The minimum atomic E-state index is -0.292. The van der Waals surface area contributed by atoms with Gasteiger partial charge in [-0.25, -0.2) is 0 Å². The van der Waals surface area contributed by atoms with Crippen LogP contribution in [0.3, 0.4) is 0 Å². The Morgan fingerprint density at radius 1 is 0.861 bits per heavy atom. The van der Waals surface area contributed by atoms with E-state index >= 15 is 0 Å². The summed E-state index contributed by atoms with van der Waals surface area (Å²) in [6, 6.07) is 17.8. The number of rotatable bonds is 8. The van der Waals surface area contributed by atoms with Crippen LogP contribution in [0.5, 0.6) is 17.2 Å². The number of amides is 1. The minimum absolute atomic E-state index is 0.0435. The van der Waals surface area contributed by atoms with Gasteiger partial charge in [0.05, 0.1) is 39.0 Å². The van der Waals surface area contributed by atoms with Gasteiger partial charge >= 0.3 is 0 Å². The number of carbonyl (C=O) groups excluding carboxylic acids is 2. The molecule has 1 N–H and O–H groups in total. The van der Waals surface area contributed by atoms with Gasteiger partial charge in [-0.3, -0.25) is 14.6 Å². The monoisotopic (exact) mass is 486 g/mol. The van der Waals surface area contributed by atoms with Crippen LogP contribution < -0.4 is 19.5 Å². The van der Waals surface area contributed by atoms with Gasteiger partial charge in [0, 0.05) is 22.4 Å². The van der Waals surface area contributed by atoms with E-state index in [9.17, 15) is 9.59 Å². The Kier molecular flexibility index (Phi) is 7.10. The van der Waals surface area contributed by atoms with Crippen molar-refractivity contribution in [3.05, 3.63) is 82.9 Å². The molecule has 0 spiro atoms. The fourth-order valence-corrected chi connectivity index (χ4v) is 4.35. The lowest BCUT2D eigenvalue weighted by atomic mass is 9.85. The molecule has 0 unspecified atom stereocenters. The van der Waals surface area contributed by atoms with Crippen LogP contribution in [0.1, 0.15) is 52.1 Å². The Bertz CT molecular complexity index is 1330. The lowest BCUT2D eigenvalue weighted by Gasteiger charge is -2.29. The first-order valence-electron chi connectivity index (χ1n) is 11.7. The Hall–Kier alpha value is -4.13. The number of aliphatic imine (C=N–C) groups is 1. The van der Waals surface area contributed by atoms with E-state index in [-0.39, 0.29) is 23.7 Å². The molecule has 0 radical (unpaired) electrons. The molecule has 0 fully saturated rings. The zero-order valence-corrected chi connectivity index (χ0v) is 21.2. The van der Waals surface area contributed by atoms with Gasteiger partial charge in [0.25, 0.3) is 5.91 Å². The van der Waals surface area contributed by atoms with E-state index < -0.39 is 0 Å². The number of ether oxygens (including phenoxy) is 3. The van der Waals surface area contributed by atoms with E-state index in [1.807, 2.05) is 18.2 Å². The number of benzene rings is 3. The molecule has 7 nitrogen and oxygen atoms in total. The minimum Gasteiger partial charge on any atom is -0.497 e. The first-order chi connectivity index (χ1) is 17.2. The van der Waals surface area contributed by atoms with Crippen molar-refractivity contribution in [1.82, 2.24) is 0 Å². The average Bonchev–Trinajstić information content (AvgIpc) is 2.87. The SMILES string of the molecule is COc1ccc2c(c1)C(CC(=O)c1ccc(NC(=O)c3ccc(OC)c(OC)c3)cc1)=NC(C)(C)C2. The maximum Gasteiger partial charge on any atom is 0.255 e. The maximum atomic E-state index is 13.1. The Labute approximate surface area is 211 Å². The number of hydrogen-bond donors (Lipinski definition) is 1. The summed E-state index contributed by atoms with van der Waals surface area (Å²) in [5.41, 5.74) is 4.16. The summed E-state index contributed by atoms with van der Waals surface area (Å²) in [5, 5.41) is 2.85. The first-order valence-corrected chi connectivity index (χ1v) is 11.7. The van der Waals surface area contributed by atoms with Gasteiger partial charge in [-0.05, 0) is 80.4 Å². The molecule has 1 heterocycles. The highest BCUT2D eigenvalue weighted by molar-refractivity contribution is 6.17. The van der Waals surface area contributed by atoms with Crippen LogP contribution in [-0.2, 0) is 6.42 Å². The molecule has 3 aromatic rings. The normalized spacial score (nSPS) is 13.8. The Balaban J connectivity index is 1.48. The van der Waals surface area contributed by atoms with E-state index in [0.717, 1.165) is 29.0 Å². The summed E-state index contributed by atoms with van der Waals surface area (Å²) in [7, 11) is 4.68. The molecule has 0 saturated heterocycles. The number of ketones is 1. The van der Waals surface area contributed by atoms with Gasteiger partial charge in [0.1, 0.15) is 5.75 Å². The molecule has 0 saturated carbocycles. The topological polar surface area (TPSA) is 86.2 Å². The Morgan fingerprint density at radius 2 is 1.56 bits per heavy atom. The molecule has 0 atom stereocenters. The number of nitrogens with one attached hydrogen (secondary N) is 1. The number of fused-ring (bicyclic) bond motifs is 1. The molecule has 186 valence electrons. The molecule has 7 heteroatoms. The summed E-state index contributed by atoms with van der Waals surface area (Å²) in [6.45, 7) is 4.14. The Morgan fingerprint density at radius 3 is 2.22 bits per heavy atom. The smallest absolute Gasteiger partial charge is 0.255 e. The van der Waals surface area contributed by atoms with Gasteiger partial charge in [-0.2, -0.15) is 0 Å². The van der Waals surface area contributed by atoms with E-state index in [1.165, 1.54) is 14.2 Å². The highest BCUT2D eigenvalue weighted by Gasteiger charge is 2.28. The van der Waals surface area contributed by atoms with Crippen LogP contribution in [0, 0.1) is 0 Å².